The zero-order valence-electron chi connectivity index (χ0n) is 15.0. The maximum atomic E-state index is 12.7. The van der Waals surface area contributed by atoms with E-state index in [2.05, 4.69) is 9.98 Å². The van der Waals surface area contributed by atoms with Crippen LogP contribution in [0.1, 0.15) is 11.3 Å². The first kappa shape index (κ1) is 19.8. The Kier molecular flexibility index (Phi) is 5.09. The van der Waals surface area contributed by atoms with E-state index in [9.17, 15) is 18.3 Å². The second-order valence-corrected chi connectivity index (χ2v) is 6.59. The number of aromatic nitrogens is 1. The van der Waals surface area contributed by atoms with Gasteiger partial charge in [0, 0.05) is 11.6 Å². The summed E-state index contributed by atoms with van der Waals surface area (Å²) in [5, 5.41) is 10.9. The number of benzene rings is 2. The highest BCUT2D eigenvalue weighted by molar-refractivity contribution is 6.31. The number of halogens is 4. The molecule has 2 aromatic heterocycles. The second kappa shape index (κ2) is 7.72. The predicted octanol–water partition coefficient (Wildman–Crippen LogP) is 6.75. The summed E-state index contributed by atoms with van der Waals surface area (Å²) in [6.07, 6.45) is -2.40. The summed E-state index contributed by atoms with van der Waals surface area (Å²) in [6, 6.07) is 14.3. The van der Waals surface area contributed by atoms with Crippen molar-refractivity contribution < 1.29 is 27.4 Å². The topological polar surface area (TPSA) is 67.9 Å². The first-order chi connectivity index (χ1) is 14.3. The minimum atomic E-state index is -4.54. The summed E-state index contributed by atoms with van der Waals surface area (Å²) in [6.45, 7) is 0. The molecule has 5 nitrogen and oxygen atoms in total. The first-order valence-corrected chi connectivity index (χ1v) is 8.94. The molecule has 0 amide bonds. The number of furan rings is 1. The van der Waals surface area contributed by atoms with E-state index in [-0.39, 0.29) is 16.8 Å². The fraction of sp³-hybridized carbons (Fsp3) is 0.0476. The lowest BCUT2D eigenvalue weighted by Gasteiger charge is -2.10. The molecule has 0 saturated carbocycles. The quantitative estimate of drug-likeness (QED) is 0.362. The monoisotopic (exact) mass is 432 g/mol. The van der Waals surface area contributed by atoms with Crippen LogP contribution in [0.2, 0.25) is 5.02 Å². The lowest BCUT2D eigenvalue weighted by molar-refractivity contribution is -0.137. The number of ether oxygens (including phenoxy) is 1. The van der Waals surface area contributed by atoms with Crippen LogP contribution in [0, 0.1) is 0 Å². The van der Waals surface area contributed by atoms with Crippen molar-refractivity contribution in [3.8, 4) is 17.6 Å². The number of pyridine rings is 1. The van der Waals surface area contributed by atoms with Gasteiger partial charge in [0.25, 0.3) is 5.95 Å². The third kappa shape index (κ3) is 4.08. The van der Waals surface area contributed by atoms with Crippen molar-refractivity contribution in [2.24, 2.45) is 4.99 Å². The van der Waals surface area contributed by atoms with Crippen molar-refractivity contribution in [2.75, 3.05) is 0 Å². The molecule has 0 saturated heterocycles. The predicted molar refractivity (Wildman–Crippen MR) is 106 cm³/mol. The fourth-order valence-electron chi connectivity index (χ4n) is 2.70. The van der Waals surface area contributed by atoms with Gasteiger partial charge in [-0.3, -0.25) is 4.99 Å². The normalized spacial score (nSPS) is 12.0. The molecule has 4 aromatic rings. The van der Waals surface area contributed by atoms with Gasteiger partial charge in [0.2, 0.25) is 5.88 Å². The molecule has 30 heavy (non-hydrogen) atoms. The Morgan fingerprint density at radius 3 is 2.43 bits per heavy atom. The van der Waals surface area contributed by atoms with Crippen LogP contribution in [-0.2, 0) is 6.18 Å². The van der Waals surface area contributed by atoms with Crippen molar-refractivity contribution >= 4 is 34.3 Å². The molecule has 0 bridgehead atoms. The molecule has 0 unspecified atom stereocenters. The number of fused-ring (bicyclic) bond motifs is 1. The maximum absolute atomic E-state index is 12.7. The summed E-state index contributed by atoms with van der Waals surface area (Å²) < 4.78 is 48.8. The second-order valence-electron chi connectivity index (χ2n) is 6.18. The highest BCUT2D eigenvalue weighted by Gasteiger charge is 2.31. The molecule has 9 heteroatoms. The smallest absolute Gasteiger partial charge is 0.417 e. The average molecular weight is 433 g/mol. The minimum Gasteiger partial charge on any atom is -0.480 e. The number of rotatable bonds is 4. The molecule has 0 aliphatic heterocycles. The Morgan fingerprint density at radius 1 is 1.07 bits per heavy atom. The van der Waals surface area contributed by atoms with E-state index in [0.29, 0.717) is 28.8 Å². The molecule has 0 aliphatic carbocycles. The summed E-state index contributed by atoms with van der Waals surface area (Å²) in [4.78, 5) is 7.92. The van der Waals surface area contributed by atoms with Gasteiger partial charge in [0.15, 0.2) is 5.76 Å². The standard InChI is InChI=1S/C21H12ClF3N2O3/c22-17-9-12(21(23,24)25)10-27-19(17)29-14-7-5-13(6-8-14)26-11-18-15-3-1-2-4-16(15)20(28)30-18/h1-11,28H. The van der Waals surface area contributed by atoms with Crippen molar-refractivity contribution in [1.29, 1.82) is 0 Å². The van der Waals surface area contributed by atoms with Crippen molar-refractivity contribution in [1.82, 2.24) is 4.98 Å². The van der Waals surface area contributed by atoms with E-state index in [1.807, 2.05) is 6.07 Å². The number of aromatic hydroxyl groups is 1. The van der Waals surface area contributed by atoms with Crippen LogP contribution in [0.25, 0.3) is 10.8 Å². The molecule has 0 fully saturated rings. The SMILES string of the molecule is Oc1oc(C=Nc2ccc(Oc3ncc(C(F)(F)F)cc3Cl)cc2)c2ccccc12. The van der Waals surface area contributed by atoms with Gasteiger partial charge in [-0.05, 0) is 36.4 Å². The fourth-order valence-corrected chi connectivity index (χ4v) is 2.90. The Morgan fingerprint density at radius 2 is 1.77 bits per heavy atom. The number of alkyl halides is 3. The van der Waals surface area contributed by atoms with Gasteiger partial charge in [-0.15, -0.1) is 0 Å². The summed E-state index contributed by atoms with van der Waals surface area (Å²) in [5.41, 5.74) is -0.394. The third-order valence-electron chi connectivity index (χ3n) is 4.15. The Bertz CT molecular complexity index is 1230. The molecule has 0 spiro atoms. The lowest BCUT2D eigenvalue weighted by Crippen LogP contribution is -2.05. The van der Waals surface area contributed by atoms with Crippen LogP contribution in [0.3, 0.4) is 0 Å². The molecule has 4 rings (SSSR count). The summed E-state index contributed by atoms with van der Waals surface area (Å²) in [5.74, 6) is 0.406. The first-order valence-electron chi connectivity index (χ1n) is 8.56. The molecule has 0 aliphatic rings. The molecule has 152 valence electrons. The maximum Gasteiger partial charge on any atom is 0.417 e. The van der Waals surface area contributed by atoms with Crippen molar-refractivity contribution in [3.05, 3.63) is 77.1 Å². The van der Waals surface area contributed by atoms with Gasteiger partial charge in [-0.1, -0.05) is 29.8 Å². The van der Waals surface area contributed by atoms with Crippen LogP contribution in [0.4, 0.5) is 18.9 Å². The molecule has 1 N–H and O–H groups in total. The zero-order valence-corrected chi connectivity index (χ0v) is 15.8. The number of nitrogens with zero attached hydrogens (tertiary/aromatic N) is 2. The highest BCUT2D eigenvalue weighted by atomic mass is 35.5. The highest BCUT2D eigenvalue weighted by Crippen LogP contribution is 2.35. The summed E-state index contributed by atoms with van der Waals surface area (Å²) >= 11 is 5.84. The van der Waals surface area contributed by atoms with E-state index in [1.54, 1.807) is 42.5 Å². The van der Waals surface area contributed by atoms with Gasteiger partial charge >= 0.3 is 6.18 Å². The van der Waals surface area contributed by atoms with Crippen LogP contribution >= 0.6 is 11.6 Å². The van der Waals surface area contributed by atoms with Gasteiger partial charge in [0.1, 0.15) is 10.8 Å². The molecule has 2 aromatic carbocycles. The van der Waals surface area contributed by atoms with E-state index in [4.69, 9.17) is 20.8 Å². The van der Waals surface area contributed by atoms with Crippen LogP contribution < -0.4 is 4.74 Å². The molecular formula is C21H12ClF3N2O3. The number of hydrogen-bond donors (Lipinski definition) is 1. The number of aliphatic imine (C=N–C) groups is 1. The van der Waals surface area contributed by atoms with Gasteiger partial charge in [-0.25, -0.2) is 4.98 Å². The molecular weight excluding hydrogens is 421 g/mol. The summed E-state index contributed by atoms with van der Waals surface area (Å²) in [7, 11) is 0. The Labute approximate surface area is 173 Å². The van der Waals surface area contributed by atoms with Gasteiger partial charge in [-0.2, -0.15) is 13.2 Å². The third-order valence-corrected chi connectivity index (χ3v) is 4.42. The number of hydrogen-bond acceptors (Lipinski definition) is 5. The Hall–Kier alpha value is -3.52. The van der Waals surface area contributed by atoms with Crippen molar-refractivity contribution in [2.45, 2.75) is 6.18 Å². The van der Waals surface area contributed by atoms with Crippen LogP contribution in [-0.4, -0.2) is 16.3 Å². The van der Waals surface area contributed by atoms with Gasteiger partial charge in [0.05, 0.1) is 22.9 Å². The molecule has 0 atom stereocenters. The lowest BCUT2D eigenvalue weighted by atomic mass is 10.2. The average Bonchev–Trinajstić information content (AvgIpc) is 3.04. The van der Waals surface area contributed by atoms with E-state index < -0.39 is 11.7 Å². The molecule has 2 heterocycles. The van der Waals surface area contributed by atoms with E-state index in [1.165, 1.54) is 6.21 Å². The minimum absolute atomic E-state index is 0.140. The van der Waals surface area contributed by atoms with E-state index in [0.717, 1.165) is 11.5 Å². The van der Waals surface area contributed by atoms with Crippen molar-refractivity contribution in [3.63, 3.8) is 0 Å². The van der Waals surface area contributed by atoms with E-state index >= 15 is 0 Å². The van der Waals surface area contributed by atoms with Crippen LogP contribution in [0.15, 0.2) is 70.2 Å². The van der Waals surface area contributed by atoms with Gasteiger partial charge < -0.3 is 14.3 Å². The molecule has 0 radical (unpaired) electrons. The largest absolute Gasteiger partial charge is 0.480 e. The zero-order chi connectivity index (χ0) is 21.3. The van der Waals surface area contributed by atoms with Crippen LogP contribution in [0.5, 0.6) is 17.6 Å². The Balaban J connectivity index is 1.50.